The van der Waals surface area contributed by atoms with Gasteiger partial charge in [0.15, 0.2) is 0 Å². The van der Waals surface area contributed by atoms with Crippen molar-refractivity contribution in [1.29, 1.82) is 0 Å². The van der Waals surface area contributed by atoms with Crippen LogP contribution in [-0.4, -0.2) is 35.2 Å². The first-order chi connectivity index (χ1) is 4.77. The van der Waals surface area contributed by atoms with Gasteiger partial charge in [0.25, 0.3) is 0 Å². The molecule has 10 heavy (non-hydrogen) atoms. The highest BCUT2D eigenvalue weighted by Gasteiger charge is 2.50. The van der Waals surface area contributed by atoms with Gasteiger partial charge in [-0.2, -0.15) is 0 Å². The molecule has 2 heteroatoms. The molecule has 1 N–H and O–H groups in total. The van der Waals surface area contributed by atoms with E-state index in [-0.39, 0.29) is 5.54 Å². The van der Waals surface area contributed by atoms with Crippen LogP contribution in [0.3, 0.4) is 0 Å². The van der Waals surface area contributed by atoms with Gasteiger partial charge >= 0.3 is 0 Å². The molecule has 0 unspecified atom stereocenters. The Morgan fingerprint density at radius 2 is 2.10 bits per heavy atom. The number of nitrogens with zero attached hydrogens (tertiary/aromatic N) is 1. The largest absolute Gasteiger partial charge is 0.394 e. The zero-order chi connectivity index (χ0) is 7.19. The van der Waals surface area contributed by atoms with Crippen molar-refractivity contribution in [1.82, 2.24) is 4.90 Å². The topological polar surface area (TPSA) is 23.5 Å². The Morgan fingerprint density at radius 3 is 2.40 bits per heavy atom. The third-order valence-electron chi connectivity index (χ3n) is 2.86. The van der Waals surface area contributed by atoms with Crippen molar-refractivity contribution >= 4 is 0 Å². The van der Waals surface area contributed by atoms with Gasteiger partial charge in [-0.15, -0.1) is 0 Å². The molecule has 1 aliphatic heterocycles. The zero-order valence-electron chi connectivity index (χ0n) is 6.51. The molecule has 0 aromatic heterocycles. The van der Waals surface area contributed by atoms with E-state index in [0.29, 0.717) is 6.61 Å². The number of hydrogen-bond acceptors (Lipinski definition) is 2. The number of aliphatic hydroxyl groups excluding tert-OH is 1. The number of hydrogen-bond donors (Lipinski definition) is 1. The van der Waals surface area contributed by atoms with E-state index in [4.69, 9.17) is 5.11 Å². The van der Waals surface area contributed by atoms with E-state index in [0.717, 1.165) is 5.92 Å². The van der Waals surface area contributed by atoms with Crippen molar-refractivity contribution in [2.24, 2.45) is 5.92 Å². The third kappa shape index (κ3) is 0.789. The normalized spacial score (nSPS) is 31.8. The average Bonchev–Trinajstić information content (AvgIpc) is 2.61. The summed E-state index contributed by atoms with van der Waals surface area (Å²) < 4.78 is 0. The molecular formula is C8H15NO. The van der Waals surface area contributed by atoms with E-state index in [2.05, 4.69) is 11.8 Å². The van der Waals surface area contributed by atoms with Gasteiger partial charge in [-0.25, -0.2) is 0 Å². The Bertz CT molecular complexity index is 136. The van der Waals surface area contributed by atoms with Gasteiger partial charge in [0, 0.05) is 18.6 Å². The molecule has 0 atom stereocenters. The van der Waals surface area contributed by atoms with Gasteiger partial charge in [0.05, 0.1) is 6.61 Å². The first-order valence-electron chi connectivity index (χ1n) is 4.13. The smallest absolute Gasteiger partial charge is 0.0615 e. The molecule has 0 amide bonds. The van der Waals surface area contributed by atoms with Gasteiger partial charge in [-0.1, -0.05) is 6.92 Å². The van der Waals surface area contributed by atoms with Gasteiger partial charge < -0.3 is 5.11 Å². The van der Waals surface area contributed by atoms with Crippen LogP contribution in [0.25, 0.3) is 0 Å². The van der Waals surface area contributed by atoms with Crippen molar-refractivity contribution in [2.75, 3.05) is 19.7 Å². The van der Waals surface area contributed by atoms with Crippen LogP contribution in [-0.2, 0) is 0 Å². The molecule has 2 aliphatic rings. The Kier molecular flexibility index (Phi) is 1.29. The number of aliphatic hydroxyl groups is 1. The molecule has 0 radical (unpaired) electrons. The maximum absolute atomic E-state index is 9.04. The monoisotopic (exact) mass is 141 g/mol. The first-order valence-corrected chi connectivity index (χ1v) is 4.13. The molecule has 1 aliphatic carbocycles. The summed E-state index contributed by atoms with van der Waals surface area (Å²) in [7, 11) is 0. The third-order valence-corrected chi connectivity index (χ3v) is 2.86. The van der Waals surface area contributed by atoms with Gasteiger partial charge in [0.2, 0.25) is 0 Å². The molecular weight excluding hydrogens is 126 g/mol. The fourth-order valence-corrected chi connectivity index (χ4v) is 1.80. The van der Waals surface area contributed by atoms with Crippen LogP contribution in [0.4, 0.5) is 0 Å². The Balaban J connectivity index is 1.89. The Morgan fingerprint density at radius 1 is 1.50 bits per heavy atom. The molecule has 1 saturated carbocycles. The van der Waals surface area contributed by atoms with Gasteiger partial charge in [0.1, 0.15) is 0 Å². The van der Waals surface area contributed by atoms with E-state index < -0.39 is 0 Å². The second kappa shape index (κ2) is 1.95. The van der Waals surface area contributed by atoms with Gasteiger partial charge in [-0.3, -0.25) is 4.90 Å². The van der Waals surface area contributed by atoms with E-state index in [1.807, 2.05) is 0 Å². The molecule has 2 fully saturated rings. The molecule has 58 valence electrons. The highest BCUT2D eigenvalue weighted by Crippen LogP contribution is 2.44. The van der Waals surface area contributed by atoms with Crippen LogP contribution in [0.2, 0.25) is 0 Å². The summed E-state index contributed by atoms with van der Waals surface area (Å²) in [6.45, 7) is 5.06. The standard InChI is InChI=1S/C8H15NO/c1-7-4-9(5-7)8(6-10)2-3-8/h7,10H,2-6H2,1H3. The highest BCUT2D eigenvalue weighted by atomic mass is 16.3. The fraction of sp³-hybridized carbons (Fsp3) is 1.00. The molecule has 1 saturated heterocycles. The maximum atomic E-state index is 9.04. The second-order valence-corrected chi connectivity index (χ2v) is 3.89. The van der Waals surface area contributed by atoms with E-state index in [1.54, 1.807) is 0 Å². The molecule has 2 nitrogen and oxygen atoms in total. The molecule has 0 spiro atoms. The van der Waals surface area contributed by atoms with Gasteiger partial charge in [-0.05, 0) is 18.8 Å². The van der Waals surface area contributed by atoms with Crippen LogP contribution in [0.15, 0.2) is 0 Å². The number of rotatable bonds is 2. The number of likely N-dealkylation sites (tertiary alicyclic amines) is 1. The molecule has 0 aromatic carbocycles. The first kappa shape index (κ1) is 6.62. The van der Waals surface area contributed by atoms with Crippen molar-refractivity contribution in [2.45, 2.75) is 25.3 Å². The summed E-state index contributed by atoms with van der Waals surface area (Å²) in [5.41, 5.74) is 0.256. The minimum absolute atomic E-state index is 0.256. The van der Waals surface area contributed by atoms with Crippen molar-refractivity contribution < 1.29 is 5.11 Å². The lowest BCUT2D eigenvalue weighted by Crippen LogP contribution is -2.53. The van der Waals surface area contributed by atoms with Crippen LogP contribution in [0, 0.1) is 5.92 Å². The summed E-state index contributed by atoms with van der Waals surface area (Å²) in [6.07, 6.45) is 2.44. The van der Waals surface area contributed by atoms with Crippen molar-refractivity contribution in [3.8, 4) is 0 Å². The lowest BCUT2D eigenvalue weighted by atomic mass is 9.99. The summed E-state index contributed by atoms with van der Waals surface area (Å²) >= 11 is 0. The summed E-state index contributed by atoms with van der Waals surface area (Å²) in [5, 5.41) is 9.04. The molecule has 0 aromatic rings. The molecule has 0 bridgehead atoms. The average molecular weight is 141 g/mol. The second-order valence-electron chi connectivity index (χ2n) is 3.89. The van der Waals surface area contributed by atoms with Crippen molar-refractivity contribution in [3.63, 3.8) is 0 Å². The predicted molar refractivity (Wildman–Crippen MR) is 39.8 cm³/mol. The summed E-state index contributed by atoms with van der Waals surface area (Å²) in [6, 6.07) is 0. The lowest BCUT2D eigenvalue weighted by molar-refractivity contribution is 0.0166. The summed E-state index contributed by atoms with van der Waals surface area (Å²) in [5.74, 6) is 0.865. The molecule has 1 heterocycles. The Labute approximate surface area is 61.8 Å². The maximum Gasteiger partial charge on any atom is 0.0615 e. The summed E-state index contributed by atoms with van der Waals surface area (Å²) in [4.78, 5) is 2.43. The van der Waals surface area contributed by atoms with Crippen molar-refractivity contribution in [3.05, 3.63) is 0 Å². The van der Waals surface area contributed by atoms with E-state index in [1.165, 1.54) is 25.9 Å². The minimum Gasteiger partial charge on any atom is -0.394 e. The van der Waals surface area contributed by atoms with Crippen LogP contribution in [0.1, 0.15) is 19.8 Å². The van der Waals surface area contributed by atoms with Crippen LogP contribution < -0.4 is 0 Å². The van der Waals surface area contributed by atoms with Crippen LogP contribution >= 0.6 is 0 Å². The van der Waals surface area contributed by atoms with E-state index in [9.17, 15) is 0 Å². The minimum atomic E-state index is 0.256. The Hall–Kier alpha value is -0.0800. The zero-order valence-corrected chi connectivity index (χ0v) is 6.51. The highest BCUT2D eigenvalue weighted by molar-refractivity contribution is 5.06. The molecule has 2 rings (SSSR count). The fourth-order valence-electron chi connectivity index (χ4n) is 1.80. The van der Waals surface area contributed by atoms with Crippen LogP contribution in [0.5, 0.6) is 0 Å². The lowest BCUT2D eigenvalue weighted by Gasteiger charge is -2.42. The SMILES string of the molecule is CC1CN(C2(CO)CC2)C1. The predicted octanol–water partition coefficient (Wildman–Crippen LogP) is 0.463. The quantitative estimate of drug-likeness (QED) is 0.604. The van der Waals surface area contributed by atoms with E-state index >= 15 is 0 Å².